The van der Waals surface area contributed by atoms with Crippen LogP contribution in [0.25, 0.3) is 0 Å². The van der Waals surface area contributed by atoms with Crippen molar-refractivity contribution in [1.82, 2.24) is 0 Å². The first kappa shape index (κ1) is 19.3. The normalized spacial score (nSPS) is 29.7. The molecule has 0 aromatic heterocycles. The Morgan fingerprint density at radius 1 is 0.793 bits per heavy atom. The van der Waals surface area contributed by atoms with Crippen molar-refractivity contribution in [3.63, 3.8) is 0 Å². The van der Waals surface area contributed by atoms with Crippen molar-refractivity contribution in [2.75, 3.05) is 13.2 Å². The summed E-state index contributed by atoms with van der Waals surface area (Å²) in [6.45, 7) is 2.26. The largest absolute Gasteiger partial charge is 0.374 e. The molecule has 3 aliphatic rings. The van der Waals surface area contributed by atoms with E-state index in [2.05, 4.69) is 24.3 Å². The summed E-state index contributed by atoms with van der Waals surface area (Å²) in [6.07, 6.45) is 4.61. The molecular weight excluding hydrogens is 364 g/mol. The van der Waals surface area contributed by atoms with Crippen molar-refractivity contribution in [3.8, 4) is 0 Å². The molecule has 2 aliphatic carbocycles. The average Bonchev–Trinajstić information content (AvgIpc) is 3.48. The second-order valence-corrected chi connectivity index (χ2v) is 8.62. The summed E-state index contributed by atoms with van der Waals surface area (Å²) in [4.78, 5) is 0. The van der Waals surface area contributed by atoms with Gasteiger partial charge in [-0.1, -0.05) is 60.7 Å². The first-order chi connectivity index (χ1) is 14.3. The maximum absolute atomic E-state index is 6.57. The molecule has 0 N–H and O–H groups in total. The number of ether oxygens (including phenoxy) is 4. The van der Waals surface area contributed by atoms with Gasteiger partial charge in [-0.2, -0.15) is 0 Å². The molecule has 1 spiro atoms. The SMILES string of the molecule is c1ccc(COC[C@@H]2OC3(CCC[C@@H]4C[C@@H]43)O[C@H]2COCc2ccccc2)cc1. The maximum atomic E-state index is 6.57. The highest BCUT2D eigenvalue weighted by Gasteiger charge is 2.62. The van der Waals surface area contributed by atoms with Gasteiger partial charge in [0.05, 0.1) is 26.4 Å². The topological polar surface area (TPSA) is 36.9 Å². The van der Waals surface area contributed by atoms with Crippen molar-refractivity contribution >= 4 is 0 Å². The van der Waals surface area contributed by atoms with Crippen LogP contribution in [0.3, 0.4) is 0 Å². The van der Waals surface area contributed by atoms with E-state index in [1.54, 1.807) is 0 Å². The van der Waals surface area contributed by atoms with E-state index < -0.39 is 5.79 Å². The smallest absolute Gasteiger partial charge is 0.172 e. The van der Waals surface area contributed by atoms with Crippen LogP contribution in [0.1, 0.15) is 36.8 Å². The molecule has 0 unspecified atom stereocenters. The van der Waals surface area contributed by atoms with Crippen LogP contribution in [-0.2, 0) is 32.2 Å². The summed E-state index contributed by atoms with van der Waals surface area (Å²) in [6, 6.07) is 20.6. The molecule has 29 heavy (non-hydrogen) atoms. The van der Waals surface area contributed by atoms with E-state index in [0.717, 1.165) is 12.3 Å². The molecule has 4 atom stereocenters. The third-order valence-corrected chi connectivity index (χ3v) is 6.49. The fourth-order valence-electron chi connectivity index (χ4n) is 4.90. The van der Waals surface area contributed by atoms with Crippen LogP contribution in [0.4, 0.5) is 0 Å². The van der Waals surface area contributed by atoms with Gasteiger partial charge in [0.1, 0.15) is 12.2 Å². The zero-order chi connectivity index (χ0) is 19.5. The highest BCUT2D eigenvalue weighted by atomic mass is 16.8. The van der Waals surface area contributed by atoms with Crippen LogP contribution < -0.4 is 0 Å². The van der Waals surface area contributed by atoms with Gasteiger partial charge in [0, 0.05) is 12.3 Å². The molecule has 0 bridgehead atoms. The maximum Gasteiger partial charge on any atom is 0.172 e. The van der Waals surface area contributed by atoms with E-state index in [1.807, 2.05) is 36.4 Å². The van der Waals surface area contributed by atoms with Crippen molar-refractivity contribution < 1.29 is 18.9 Å². The van der Waals surface area contributed by atoms with E-state index >= 15 is 0 Å². The number of rotatable bonds is 8. The van der Waals surface area contributed by atoms with Crippen molar-refractivity contribution in [1.29, 1.82) is 0 Å². The van der Waals surface area contributed by atoms with Gasteiger partial charge in [0.25, 0.3) is 0 Å². The first-order valence-electron chi connectivity index (χ1n) is 10.9. The molecule has 1 saturated heterocycles. The standard InChI is InChI=1S/C25H30O4/c1-3-8-19(9-4-1)15-26-17-23-24(18-27-16-20-10-5-2-6-11-20)29-25(28-23)13-7-12-21-14-22(21)25/h1-6,8-11,21-24H,7,12-18H2/t21-,22+,23+,24+/m1/s1. The zero-order valence-electron chi connectivity index (χ0n) is 16.9. The Labute approximate surface area is 173 Å². The van der Waals surface area contributed by atoms with Gasteiger partial charge in [-0.05, 0) is 36.3 Å². The third kappa shape index (κ3) is 4.41. The van der Waals surface area contributed by atoms with Crippen LogP contribution in [-0.4, -0.2) is 31.2 Å². The molecule has 0 amide bonds. The molecule has 2 saturated carbocycles. The van der Waals surface area contributed by atoms with Gasteiger partial charge in [0.15, 0.2) is 5.79 Å². The van der Waals surface area contributed by atoms with Crippen LogP contribution in [0.5, 0.6) is 0 Å². The van der Waals surface area contributed by atoms with Crippen molar-refractivity contribution in [2.45, 2.75) is 56.9 Å². The second kappa shape index (κ2) is 8.57. The minimum atomic E-state index is -0.398. The molecule has 154 valence electrons. The molecule has 4 heteroatoms. The van der Waals surface area contributed by atoms with E-state index in [9.17, 15) is 0 Å². The number of hydrogen-bond acceptors (Lipinski definition) is 4. The molecule has 5 rings (SSSR count). The fraction of sp³-hybridized carbons (Fsp3) is 0.520. The van der Waals surface area contributed by atoms with Crippen LogP contribution in [0, 0.1) is 11.8 Å². The van der Waals surface area contributed by atoms with Crippen molar-refractivity contribution in [3.05, 3.63) is 71.8 Å². The number of benzene rings is 2. The average molecular weight is 395 g/mol. The summed E-state index contributed by atoms with van der Waals surface area (Å²) in [7, 11) is 0. The lowest BCUT2D eigenvalue weighted by atomic mass is 9.94. The molecule has 2 aromatic rings. The van der Waals surface area contributed by atoms with E-state index in [1.165, 1.54) is 30.4 Å². The highest BCUT2D eigenvalue weighted by Crippen LogP contribution is 2.59. The molecule has 4 nitrogen and oxygen atoms in total. The van der Waals surface area contributed by atoms with Crippen molar-refractivity contribution in [2.24, 2.45) is 11.8 Å². The Bertz CT molecular complexity index is 724. The lowest BCUT2D eigenvalue weighted by molar-refractivity contribution is -0.211. The second-order valence-electron chi connectivity index (χ2n) is 8.62. The summed E-state index contributed by atoms with van der Waals surface area (Å²) in [5, 5.41) is 0. The van der Waals surface area contributed by atoms with E-state index in [0.29, 0.717) is 32.3 Å². The molecule has 1 heterocycles. The van der Waals surface area contributed by atoms with Gasteiger partial charge in [0.2, 0.25) is 0 Å². The molecule has 0 radical (unpaired) electrons. The van der Waals surface area contributed by atoms with Gasteiger partial charge in [-0.3, -0.25) is 0 Å². The predicted octanol–water partition coefficient (Wildman–Crippen LogP) is 4.72. The van der Waals surface area contributed by atoms with E-state index in [4.69, 9.17) is 18.9 Å². The summed E-state index contributed by atoms with van der Waals surface area (Å²) >= 11 is 0. The lowest BCUT2D eigenvalue weighted by Gasteiger charge is -2.32. The molecule has 3 fully saturated rings. The lowest BCUT2D eigenvalue weighted by Crippen LogP contribution is -2.37. The predicted molar refractivity (Wildman–Crippen MR) is 110 cm³/mol. The van der Waals surface area contributed by atoms with Gasteiger partial charge in [-0.15, -0.1) is 0 Å². The zero-order valence-corrected chi connectivity index (χ0v) is 16.9. The first-order valence-corrected chi connectivity index (χ1v) is 10.9. The Morgan fingerprint density at radius 2 is 1.34 bits per heavy atom. The Hall–Kier alpha value is -1.72. The summed E-state index contributed by atoms with van der Waals surface area (Å²) < 4.78 is 25.2. The quantitative estimate of drug-likeness (QED) is 0.649. The molecule has 1 aliphatic heterocycles. The van der Waals surface area contributed by atoms with Gasteiger partial charge in [-0.25, -0.2) is 0 Å². The summed E-state index contributed by atoms with van der Waals surface area (Å²) in [5.74, 6) is 0.954. The number of fused-ring (bicyclic) bond motifs is 2. The minimum Gasteiger partial charge on any atom is -0.374 e. The van der Waals surface area contributed by atoms with Crippen LogP contribution >= 0.6 is 0 Å². The highest BCUT2D eigenvalue weighted by molar-refractivity contribution is 5.14. The minimum absolute atomic E-state index is 0.0752. The van der Waals surface area contributed by atoms with Gasteiger partial charge >= 0.3 is 0 Å². The molecular formula is C25H30O4. The monoisotopic (exact) mass is 394 g/mol. The van der Waals surface area contributed by atoms with Gasteiger partial charge < -0.3 is 18.9 Å². The van der Waals surface area contributed by atoms with Crippen LogP contribution in [0.2, 0.25) is 0 Å². The van der Waals surface area contributed by atoms with E-state index in [-0.39, 0.29) is 12.2 Å². The Morgan fingerprint density at radius 3 is 1.90 bits per heavy atom. The third-order valence-electron chi connectivity index (χ3n) is 6.49. The fourth-order valence-corrected chi connectivity index (χ4v) is 4.90. The number of hydrogen-bond donors (Lipinski definition) is 0. The Kier molecular flexibility index (Phi) is 5.69. The summed E-state index contributed by atoms with van der Waals surface area (Å²) in [5.41, 5.74) is 2.36. The Balaban J connectivity index is 1.19. The van der Waals surface area contributed by atoms with Crippen LogP contribution in [0.15, 0.2) is 60.7 Å². The molecule has 2 aromatic carbocycles.